The number of carbonyl (C=O) groups is 2. The Morgan fingerprint density at radius 1 is 1.29 bits per heavy atom. The van der Waals surface area contributed by atoms with Gasteiger partial charge in [0.15, 0.2) is 0 Å². The van der Waals surface area contributed by atoms with Crippen LogP contribution in [0.15, 0.2) is 24.3 Å². The molecular weight excluding hydrogens is 348 g/mol. The molecule has 7 heteroatoms. The largest absolute Gasteiger partial charge is 0.385 e. The summed E-state index contributed by atoms with van der Waals surface area (Å²) in [4.78, 5) is 24.7. The highest BCUT2D eigenvalue weighted by Gasteiger charge is 2.21. The van der Waals surface area contributed by atoms with Crippen molar-refractivity contribution in [3.05, 3.63) is 34.9 Å². The molecule has 0 aromatic heterocycles. The lowest BCUT2D eigenvalue weighted by atomic mass is 10.1. The second-order valence-corrected chi connectivity index (χ2v) is 6.67. The molecule has 1 atom stereocenters. The van der Waals surface area contributed by atoms with Crippen molar-refractivity contribution in [1.29, 1.82) is 0 Å². The zero-order valence-electron chi connectivity index (χ0n) is 14.1. The van der Waals surface area contributed by atoms with Crippen LogP contribution in [0.4, 0.5) is 0 Å². The van der Waals surface area contributed by atoms with Crippen molar-refractivity contribution < 1.29 is 14.3 Å². The highest BCUT2D eigenvalue weighted by molar-refractivity contribution is 7.98. The minimum Gasteiger partial charge on any atom is -0.385 e. The van der Waals surface area contributed by atoms with E-state index in [0.29, 0.717) is 30.2 Å². The molecule has 2 amide bonds. The molecule has 2 N–H and O–H groups in total. The summed E-state index contributed by atoms with van der Waals surface area (Å²) in [7, 11) is 1.65. The Hall–Kier alpha value is -1.24. The van der Waals surface area contributed by atoms with Gasteiger partial charge in [0.05, 0.1) is 10.6 Å². The number of unbranched alkanes of at least 4 members (excludes halogenated alkanes) is 1. The first-order valence-electron chi connectivity index (χ1n) is 7.91. The fourth-order valence-electron chi connectivity index (χ4n) is 2.09. The van der Waals surface area contributed by atoms with E-state index in [9.17, 15) is 9.59 Å². The molecule has 0 spiro atoms. The molecule has 0 saturated heterocycles. The summed E-state index contributed by atoms with van der Waals surface area (Å²) < 4.78 is 4.98. The van der Waals surface area contributed by atoms with E-state index in [1.54, 1.807) is 43.1 Å². The predicted molar refractivity (Wildman–Crippen MR) is 99.8 cm³/mol. The van der Waals surface area contributed by atoms with E-state index in [-0.39, 0.29) is 11.8 Å². The standard InChI is InChI=1S/C17H25ClN2O3S/c1-23-11-6-5-10-19-17(22)15(9-12-24-2)20-16(21)13-7-3-4-8-14(13)18/h3-4,7-8,15H,5-6,9-12H2,1-2H3,(H,19,22)(H,20,21). The van der Waals surface area contributed by atoms with Gasteiger partial charge in [-0.3, -0.25) is 9.59 Å². The number of rotatable bonds is 11. The molecule has 0 aliphatic carbocycles. The highest BCUT2D eigenvalue weighted by Crippen LogP contribution is 2.15. The molecule has 0 aliphatic rings. The maximum absolute atomic E-state index is 12.4. The summed E-state index contributed by atoms with van der Waals surface area (Å²) in [6, 6.07) is 6.24. The molecule has 0 bridgehead atoms. The van der Waals surface area contributed by atoms with Gasteiger partial charge >= 0.3 is 0 Å². The first kappa shape index (κ1) is 20.8. The second-order valence-electron chi connectivity index (χ2n) is 5.28. The Bertz CT molecular complexity index is 528. The van der Waals surface area contributed by atoms with Crippen LogP contribution in [-0.2, 0) is 9.53 Å². The third-order valence-corrected chi connectivity index (χ3v) is 4.40. The number of thioether (sulfide) groups is 1. The minimum absolute atomic E-state index is 0.165. The first-order chi connectivity index (χ1) is 11.6. The molecule has 1 aromatic rings. The quantitative estimate of drug-likeness (QED) is 0.586. The first-order valence-corrected chi connectivity index (χ1v) is 9.68. The summed E-state index contributed by atoms with van der Waals surface area (Å²) in [6.45, 7) is 1.24. The number of ether oxygens (including phenoxy) is 1. The molecule has 1 unspecified atom stereocenters. The van der Waals surface area contributed by atoms with Crippen LogP contribution in [0.25, 0.3) is 0 Å². The Kier molecular flexibility index (Phi) is 10.5. The van der Waals surface area contributed by atoms with Gasteiger partial charge < -0.3 is 15.4 Å². The topological polar surface area (TPSA) is 67.4 Å². The monoisotopic (exact) mass is 372 g/mol. The van der Waals surface area contributed by atoms with Gasteiger partial charge in [-0.1, -0.05) is 23.7 Å². The number of methoxy groups -OCH3 is 1. The molecule has 24 heavy (non-hydrogen) atoms. The number of hydrogen-bond acceptors (Lipinski definition) is 4. The van der Waals surface area contributed by atoms with Crippen LogP contribution < -0.4 is 10.6 Å². The van der Waals surface area contributed by atoms with Crippen LogP contribution in [0, 0.1) is 0 Å². The summed E-state index contributed by atoms with van der Waals surface area (Å²) in [5.74, 6) is 0.285. The van der Waals surface area contributed by atoms with Gasteiger partial charge in [0.2, 0.25) is 5.91 Å². The molecule has 0 radical (unpaired) electrons. The van der Waals surface area contributed by atoms with E-state index < -0.39 is 6.04 Å². The molecule has 5 nitrogen and oxygen atoms in total. The van der Waals surface area contributed by atoms with Crippen molar-refractivity contribution in [3.8, 4) is 0 Å². The molecule has 0 fully saturated rings. The Balaban J connectivity index is 2.59. The maximum atomic E-state index is 12.4. The van der Waals surface area contributed by atoms with E-state index in [4.69, 9.17) is 16.3 Å². The molecule has 1 rings (SSSR count). The summed E-state index contributed by atoms with van der Waals surface area (Å²) >= 11 is 7.68. The van der Waals surface area contributed by atoms with Crippen molar-refractivity contribution in [2.45, 2.75) is 25.3 Å². The van der Waals surface area contributed by atoms with Gasteiger partial charge in [-0.25, -0.2) is 0 Å². The van der Waals surface area contributed by atoms with E-state index in [2.05, 4.69) is 10.6 Å². The second kappa shape index (κ2) is 12.2. The Labute approximate surface area is 152 Å². The number of carbonyl (C=O) groups excluding carboxylic acids is 2. The van der Waals surface area contributed by atoms with Gasteiger partial charge in [-0.2, -0.15) is 11.8 Å². The highest BCUT2D eigenvalue weighted by atomic mass is 35.5. The van der Waals surface area contributed by atoms with E-state index in [1.165, 1.54) is 0 Å². The normalized spacial score (nSPS) is 11.8. The fraction of sp³-hybridized carbons (Fsp3) is 0.529. The van der Waals surface area contributed by atoms with Crippen molar-refractivity contribution in [3.63, 3.8) is 0 Å². The van der Waals surface area contributed by atoms with Crippen molar-refractivity contribution >= 4 is 35.2 Å². The molecular formula is C17H25ClN2O3S. The van der Waals surface area contributed by atoms with Crippen LogP contribution >= 0.6 is 23.4 Å². The Morgan fingerprint density at radius 2 is 2.04 bits per heavy atom. The van der Waals surface area contributed by atoms with Crippen LogP contribution in [0.3, 0.4) is 0 Å². The predicted octanol–water partition coefficient (Wildman–Crippen LogP) is 2.73. The van der Waals surface area contributed by atoms with Crippen LogP contribution in [0.5, 0.6) is 0 Å². The average molecular weight is 373 g/mol. The number of nitrogens with one attached hydrogen (secondary N) is 2. The molecule has 0 saturated carbocycles. The summed E-state index contributed by atoms with van der Waals surface area (Å²) in [5, 5.41) is 6.03. The van der Waals surface area contributed by atoms with Crippen LogP contribution in [0.1, 0.15) is 29.6 Å². The lowest BCUT2D eigenvalue weighted by molar-refractivity contribution is -0.123. The lowest BCUT2D eigenvalue weighted by Gasteiger charge is -2.18. The van der Waals surface area contributed by atoms with Crippen LogP contribution in [0.2, 0.25) is 5.02 Å². The number of benzene rings is 1. The van der Waals surface area contributed by atoms with Gasteiger partial charge in [-0.15, -0.1) is 0 Å². The fourth-order valence-corrected chi connectivity index (χ4v) is 2.79. The van der Waals surface area contributed by atoms with Crippen molar-refractivity contribution in [2.75, 3.05) is 32.3 Å². The zero-order valence-corrected chi connectivity index (χ0v) is 15.7. The van der Waals surface area contributed by atoms with Crippen LogP contribution in [-0.4, -0.2) is 50.1 Å². The van der Waals surface area contributed by atoms with Crippen molar-refractivity contribution in [2.24, 2.45) is 0 Å². The zero-order chi connectivity index (χ0) is 17.8. The number of halogens is 1. The third kappa shape index (κ3) is 7.55. The van der Waals surface area contributed by atoms with Gasteiger partial charge in [0.1, 0.15) is 6.04 Å². The van der Waals surface area contributed by atoms with E-state index >= 15 is 0 Å². The molecule has 1 aromatic carbocycles. The summed E-state index contributed by atoms with van der Waals surface area (Å²) in [6.07, 6.45) is 4.27. The SMILES string of the molecule is COCCCCNC(=O)C(CCSC)NC(=O)c1ccccc1Cl. The lowest BCUT2D eigenvalue weighted by Crippen LogP contribution is -2.47. The van der Waals surface area contributed by atoms with E-state index in [0.717, 1.165) is 18.6 Å². The van der Waals surface area contributed by atoms with Gasteiger partial charge in [-0.05, 0) is 43.4 Å². The summed E-state index contributed by atoms with van der Waals surface area (Å²) in [5.41, 5.74) is 0.376. The molecule has 134 valence electrons. The Morgan fingerprint density at radius 3 is 2.71 bits per heavy atom. The third-order valence-electron chi connectivity index (χ3n) is 3.43. The molecule has 0 aliphatic heterocycles. The van der Waals surface area contributed by atoms with Gasteiger partial charge in [0, 0.05) is 20.3 Å². The van der Waals surface area contributed by atoms with Gasteiger partial charge in [0.25, 0.3) is 5.91 Å². The van der Waals surface area contributed by atoms with E-state index in [1.807, 2.05) is 6.26 Å². The average Bonchev–Trinajstić information content (AvgIpc) is 2.58. The molecule has 0 heterocycles. The smallest absolute Gasteiger partial charge is 0.253 e. The number of amides is 2. The minimum atomic E-state index is -0.566. The van der Waals surface area contributed by atoms with Crippen molar-refractivity contribution in [1.82, 2.24) is 10.6 Å². The number of hydrogen-bond donors (Lipinski definition) is 2. The maximum Gasteiger partial charge on any atom is 0.253 e.